The average molecular weight is 475 g/mol. The van der Waals surface area contributed by atoms with Crippen LogP contribution in [0.15, 0.2) is 40.3 Å². The van der Waals surface area contributed by atoms with Gasteiger partial charge in [0.05, 0.1) is 18.4 Å². The Kier molecular flexibility index (Phi) is 5.79. The van der Waals surface area contributed by atoms with Gasteiger partial charge in [-0.05, 0) is 44.0 Å². The lowest BCUT2D eigenvalue weighted by Crippen LogP contribution is -2.16. The van der Waals surface area contributed by atoms with E-state index in [1.165, 1.54) is 33.7 Å². The summed E-state index contributed by atoms with van der Waals surface area (Å²) in [6, 6.07) is 9.08. The van der Waals surface area contributed by atoms with Crippen LogP contribution in [0.1, 0.15) is 23.5 Å². The molecule has 1 aliphatic heterocycles. The van der Waals surface area contributed by atoms with E-state index in [0.29, 0.717) is 28.0 Å². The van der Waals surface area contributed by atoms with Gasteiger partial charge in [0.25, 0.3) is 5.56 Å². The Hall–Kier alpha value is -2.27. The standard InChI is InChI=1S/C20H19ClN6O2S2/c1-12-9-17(28)27-19(22-12)31-16(25-27)11-30-20-24-23-18(13-4-6-14(21)7-5-13)26(20)10-15-3-2-8-29-15/h4-7,9,15H,2-3,8,10-11H2,1H3/t15-/m0/s1. The fourth-order valence-electron chi connectivity index (χ4n) is 3.51. The van der Waals surface area contributed by atoms with Crippen molar-refractivity contribution in [2.45, 2.75) is 43.3 Å². The van der Waals surface area contributed by atoms with Crippen LogP contribution in [0.4, 0.5) is 0 Å². The van der Waals surface area contributed by atoms with E-state index in [1.54, 1.807) is 6.92 Å². The van der Waals surface area contributed by atoms with Crippen LogP contribution in [-0.2, 0) is 17.0 Å². The predicted molar refractivity (Wildman–Crippen MR) is 121 cm³/mol. The summed E-state index contributed by atoms with van der Waals surface area (Å²) >= 11 is 9.00. The summed E-state index contributed by atoms with van der Waals surface area (Å²) < 4.78 is 9.31. The molecule has 31 heavy (non-hydrogen) atoms. The van der Waals surface area contributed by atoms with Gasteiger partial charge in [-0.15, -0.1) is 10.2 Å². The molecule has 1 aliphatic rings. The molecule has 1 saturated heterocycles. The van der Waals surface area contributed by atoms with Gasteiger partial charge in [0.15, 0.2) is 11.0 Å². The highest BCUT2D eigenvalue weighted by Gasteiger charge is 2.22. The van der Waals surface area contributed by atoms with E-state index in [4.69, 9.17) is 16.3 Å². The second-order valence-corrected chi connectivity index (χ2v) is 9.69. The van der Waals surface area contributed by atoms with E-state index in [0.717, 1.165) is 41.0 Å². The summed E-state index contributed by atoms with van der Waals surface area (Å²) in [5.41, 5.74) is 1.48. The van der Waals surface area contributed by atoms with Crippen molar-refractivity contribution >= 4 is 39.7 Å². The number of halogens is 1. The molecule has 11 heteroatoms. The molecule has 0 bridgehead atoms. The summed E-state index contributed by atoms with van der Waals surface area (Å²) in [5, 5.41) is 15.6. The zero-order valence-electron chi connectivity index (χ0n) is 16.7. The number of rotatable bonds is 6. The number of aryl methyl sites for hydroxylation is 1. The molecule has 1 atom stereocenters. The number of fused-ring (bicyclic) bond motifs is 1. The Morgan fingerprint density at radius 1 is 1.29 bits per heavy atom. The first-order valence-corrected chi connectivity index (χ1v) is 12.0. The Labute approximate surface area is 191 Å². The number of ether oxygens (including phenoxy) is 1. The number of thioether (sulfide) groups is 1. The van der Waals surface area contributed by atoms with Gasteiger partial charge in [0.2, 0.25) is 4.96 Å². The summed E-state index contributed by atoms with van der Waals surface area (Å²) in [4.78, 5) is 17.1. The molecule has 0 amide bonds. The normalized spacial score (nSPS) is 16.4. The molecule has 0 spiro atoms. The molecule has 0 unspecified atom stereocenters. The van der Waals surface area contributed by atoms with Crippen molar-refractivity contribution < 1.29 is 4.74 Å². The van der Waals surface area contributed by atoms with Crippen molar-refractivity contribution in [2.75, 3.05) is 6.61 Å². The van der Waals surface area contributed by atoms with Gasteiger partial charge in [-0.2, -0.15) is 9.61 Å². The lowest BCUT2D eigenvalue weighted by Gasteiger charge is -2.14. The zero-order chi connectivity index (χ0) is 21.4. The summed E-state index contributed by atoms with van der Waals surface area (Å²) in [5.74, 6) is 1.35. The van der Waals surface area contributed by atoms with Gasteiger partial charge >= 0.3 is 0 Å². The zero-order valence-corrected chi connectivity index (χ0v) is 19.1. The minimum absolute atomic E-state index is 0.148. The van der Waals surface area contributed by atoms with E-state index in [-0.39, 0.29) is 11.7 Å². The fraction of sp³-hybridized carbons (Fsp3) is 0.350. The Morgan fingerprint density at radius 2 is 2.13 bits per heavy atom. The molecule has 4 aromatic rings. The van der Waals surface area contributed by atoms with Crippen LogP contribution in [0.3, 0.4) is 0 Å². The lowest BCUT2D eigenvalue weighted by atomic mass is 10.2. The quantitative estimate of drug-likeness (QED) is 0.392. The first kappa shape index (κ1) is 20.6. The average Bonchev–Trinajstić information content (AvgIpc) is 3.48. The summed E-state index contributed by atoms with van der Waals surface area (Å²) in [6.07, 6.45) is 2.24. The van der Waals surface area contributed by atoms with E-state index >= 15 is 0 Å². The van der Waals surface area contributed by atoms with Crippen molar-refractivity contribution in [3.8, 4) is 11.4 Å². The fourth-order valence-corrected chi connectivity index (χ4v) is 5.51. The van der Waals surface area contributed by atoms with Crippen molar-refractivity contribution in [1.29, 1.82) is 0 Å². The van der Waals surface area contributed by atoms with Crippen molar-refractivity contribution in [3.63, 3.8) is 0 Å². The number of hydrogen-bond donors (Lipinski definition) is 0. The SMILES string of the molecule is Cc1cc(=O)n2nc(CSc3nnc(-c4ccc(Cl)cc4)n3C[C@@H]3CCCO3)sc2n1. The highest BCUT2D eigenvalue weighted by Crippen LogP contribution is 2.29. The molecular formula is C20H19ClN6O2S2. The molecule has 5 rings (SSSR count). The molecule has 8 nitrogen and oxygen atoms in total. The number of aromatic nitrogens is 6. The third-order valence-corrected chi connectivity index (χ3v) is 7.29. The van der Waals surface area contributed by atoms with Crippen molar-refractivity contribution in [1.82, 2.24) is 29.4 Å². The molecule has 0 saturated carbocycles. The van der Waals surface area contributed by atoms with Crippen LogP contribution in [0.25, 0.3) is 16.3 Å². The monoisotopic (exact) mass is 474 g/mol. The third-order valence-electron chi connectivity index (χ3n) is 4.97. The Morgan fingerprint density at radius 3 is 2.90 bits per heavy atom. The van der Waals surface area contributed by atoms with Gasteiger partial charge in [-0.3, -0.25) is 9.36 Å². The molecule has 0 aliphatic carbocycles. The Bertz CT molecular complexity index is 1280. The van der Waals surface area contributed by atoms with E-state index < -0.39 is 0 Å². The van der Waals surface area contributed by atoms with Crippen LogP contribution < -0.4 is 5.56 Å². The molecule has 4 heterocycles. The molecular weight excluding hydrogens is 456 g/mol. The molecule has 160 valence electrons. The van der Waals surface area contributed by atoms with Gasteiger partial charge in [0, 0.05) is 29.0 Å². The van der Waals surface area contributed by atoms with Crippen LogP contribution in [-0.4, -0.2) is 42.1 Å². The first-order valence-electron chi connectivity index (χ1n) is 9.87. The van der Waals surface area contributed by atoms with E-state index in [2.05, 4.69) is 24.8 Å². The summed E-state index contributed by atoms with van der Waals surface area (Å²) in [7, 11) is 0. The van der Waals surface area contributed by atoms with E-state index in [1.807, 2.05) is 24.3 Å². The van der Waals surface area contributed by atoms with Crippen molar-refractivity contribution in [3.05, 3.63) is 56.4 Å². The van der Waals surface area contributed by atoms with Crippen molar-refractivity contribution in [2.24, 2.45) is 0 Å². The van der Waals surface area contributed by atoms with Crippen LogP contribution >= 0.6 is 34.7 Å². The maximum absolute atomic E-state index is 12.1. The van der Waals surface area contributed by atoms with Crippen LogP contribution in [0.2, 0.25) is 5.02 Å². The Balaban J connectivity index is 1.43. The second-order valence-electron chi connectivity index (χ2n) is 7.27. The smallest absolute Gasteiger partial charge is 0.275 e. The topological polar surface area (TPSA) is 87.2 Å². The molecule has 1 aromatic carbocycles. The highest BCUT2D eigenvalue weighted by atomic mass is 35.5. The minimum Gasteiger partial charge on any atom is -0.376 e. The number of benzene rings is 1. The lowest BCUT2D eigenvalue weighted by molar-refractivity contribution is 0.0953. The molecule has 0 radical (unpaired) electrons. The third kappa shape index (κ3) is 4.38. The minimum atomic E-state index is -0.165. The molecule has 1 fully saturated rings. The number of nitrogens with zero attached hydrogens (tertiary/aromatic N) is 6. The van der Waals surface area contributed by atoms with Gasteiger partial charge in [0.1, 0.15) is 5.01 Å². The van der Waals surface area contributed by atoms with Crippen LogP contribution in [0, 0.1) is 6.92 Å². The molecule has 0 N–H and O–H groups in total. The maximum Gasteiger partial charge on any atom is 0.275 e. The largest absolute Gasteiger partial charge is 0.376 e. The highest BCUT2D eigenvalue weighted by molar-refractivity contribution is 7.98. The second kappa shape index (κ2) is 8.70. The molecule has 3 aromatic heterocycles. The summed E-state index contributed by atoms with van der Waals surface area (Å²) in [6.45, 7) is 3.28. The first-order chi connectivity index (χ1) is 15.1. The van der Waals surface area contributed by atoms with Crippen LogP contribution in [0.5, 0.6) is 0 Å². The number of hydrogen-bond acceptors (Lipinski definition) is 8. The predicted octanol–water partition coefficient (Wildman–Crippen LogP) is 3.84. The van der Waals surface area contributed by atoms with E-state index in [9.17, 15) is 4.79 Å². The van der Waals surface area contributed by atoms with Gasteiger partial charge in [-0.25, -0.2) is 4.98 Å². The van der Waals surface area contributed by atoms with Gasteiger partial charge in [-0.1, -0.05) is 34.7 Å². The maximum atomic E-state index is 12.1. The van der Waals surface area contributed by atoms with Gasteiger partial charge < -0.3 is 4.74 Å².